The van der Waals surface area contributed by atoms with Gasteiger partial charge in [-0.15, -0.1) is 0 Å². The van der Waals surface area contributed by atoms with E-state index in [0.29, 0.717) is 4.90 Å². The minimum absolute atomic E-state index is 0.0312. The summed E-state index contributed by atoms with van der Waals surface area (Å²) in [5, 5.41) is 0. The van der Waals surface area contributed by atoms with Crippen molar-refractivity contribution < 1.29 is 8.42 Å². The predicted octanol–water partition coefficient (Wildman–Crippen LogP) is 2.34. The Morgan fingerprint density at radius 3 is 2.14 bits per heavy atom. The van der Waals surface area contributed by atoms with Crippen molar-refractivity contribution in [2.75, 3.05) is 0 Å². The molecule has 1 saturated carbocycles. The summed E-state index contributed by atoms with van der Waals surface area (Å²) in [4.78, 5) is 0.356. The second kappa shape index (κ2) is 4.80. The van der Waals surface area contributed by atoms with E-state index in [9.17, 15) is 8.42 Å². The van der Waals surface area contributed by atoms with Gasteiger partial charge in [0.1, 0.15) is 0 Å². The minimum atomic E-state index is -3.54. The summed E-state index contributed by atoms with van der Waals surface area (Å²) in [5.41, 5.74) is 7.38. The molecule has 0 saturated heterocycles. The quantitative estimate of drug-likeness (QED) is 0.900. The van der Waals surface area contributed by atoms with Gasteiger partial charge >= 0.3 is 0 Å². The number of benzene rings is 1. The van der Waals surface area contributed by atoms with Crippen LogP contribution in [0.25, 0.3) is 0 Å². The van der Waals surface area contributed by atoms with Gasteiger partial charge in [0.25, 0.3) is 0 Å². The number of nitrogens with two attached hydrogens (primary N) is 1. The number of nitrogens with one attached hydrogen (secondary N) is 1. The van der Waals surface area contributed by atoms with E-state index in [-0.39, 0.29) is 22.9 Å². The maximum atomic E-state index is 12.7. The third-order valence-corrected chi connectivity index (χ3v) is 6.56. The Balaban J connectivity index is 2.37. The molecule has 0 radical (unpaired) electrons. The molecule has 1 aromatic rings. The van der Waals surface area contributed by atoms with E-state index in [1.165, 1.54) is 0 Å². The summed E-state index contributed by atoms with van der Waals surface area (Å²) in [6.45, 7) is 11.8. The molecular formula is C16H26N2O2S. The molecule has 0 atom stereocenters. The molecule has 5 heteroatoms. The van der Waals surface area contributed by atoms with Gasteiger partial charge in [-0.2, -0.15) is 0 Å². The topological polar surface area (TPSA) is 72.2 Å². The number of hydrogen-bond acceptors (Lipinski definition) is 3. The Morgan fingerprint density at radius 1 is 1.10 bits per heavy atom. The largest absolute Gasteiger partial charge is 0.327 e. The Labute approximate surface area is 128 Å². The molecule has 1 aliphatic carbocycles. The first-order chi connectivity index (χ1) is 9.40. The molecule has 0 aromatic heterocycles. The molecule has 21 heavy (non-hydrogen) atoms. The van der Waals surface area contributed by atoms with Crippen LogP contribution in [-0.4, -0.2) is 20.5 Å². The lowest BCUT2D eigenvalue weighted by Crippen LogP contribution is -2.75. The molecule has 4 nitrogen and oxygen atoms in total. The van der Waals surface area contributed by atoms with E-state index in [1.54, 1.807) is 6.07 Å². The van der Waals surface area contributed by atoms with E-state index in [0.717, 1.165) is 11.1 Å². The van der Waals surface area contributed by atoms with Gasteiger partial charge < -0.3 is 5.73 Å². The predicted molar refractivity (Wildman–Crippen MR) is 85.6 cm³/mol. The molecule has 3 N–H and O–H groups in total. The van der Waals surface area contributed by atoms with Crippen molar-refractivity contribution in [3.8, 4) is 0 Å². The van der Waals surface area contributed by atoms with Crippen LogP contribution in [0.15, 0.2) is 23.1 Å². The highest BCUT2D eigenvalue weighted by atomic mass is 32.2. The lowest BCUT2D eigenvalue weighted by molar-refractivity contribution is -0.0593. The summed E-state index contributed by atoms with van der Waals surface area (Å²) in [5.74, 6) is 0. The van der Waals surface area contributed by atoms with Crippen molar-refractivity contribution >= 4 is 10.0 Å². The van der Waals surface area contributed by atoms with Crippen LogP contribution in [0, 0.1) is 24.7 Å². The van der Waals surface area contributed by atoms with Gasteiger partial charge in [-0.05, 0) is 41.9 Å². The first kappa shape index (κ1) is 16.5. The molecule has 0 heterocycles. The van der Waals surface area contributed by atoms with Crippen molar-refractivity contribution in [2.24, 2.45) is 16.6 Å². The fraction of sp³-hybridized carbons (Fsp3) is 0.625. The van der Waals surface area contributed by atoms with Crippen LogP contribution in [-0.2, 0) is 10.0 Å². The van der Waals surface area contributed by atoms with Gasteiger partial charge in [-0.1, -0.05) is 39.8 Å². The van der Waals surface area contributed by atoms with Gasteiger partial charge in [0.2, 0.25) is 10.0 Å². The number of rotatable bonds is 3. The van der Waals surface area contributed by atoms with E-state index in [4.69, 9.17) is 5.73 Å². The van der Waals surface area contributed by atoms with Crippen LogP contribution in [0.1, 0.15) is 38.8 Å². The Morgan fingerprint density at radius 2 is 1.62 bits per heavy atom. The van der Waals surface area contributed by atoms with Crippen LogP contribution >= 0.6 is 0 Å². The Bertz CT molecular complexity index is 647. The smallest absolute Gasteiger partial charge is 0.241 e. The minimum Gasteiger partial charge on any atom is -0.327 e. The van der Waals surface area contributed by atoms with Crippen LogP contribution in [0.3, 0.4) is 0 Å². The highest BCUT2D eigenvalue weighted by molar-refractivity contribution is 7.89. The monoisotopic (exact) mass is 310 g/mol. The van der Waals surface area contributed by atoms with E-state index >= 15 is 0 Å². The molecule has 0 bridgehead atoms. The number of aryl methyl sites for hydroxylation is 2. The first-order valence-electron chi connectivity index (χ1n) is 7.26. The number of hydrogen-bond donors (Lipinski definition) is 2. The number of sulfonamides is 1. The van der Waals surface area contributed by atoms with Crippen molar-refractivity contribution in [2.45, 2.75) is 58.5 Å². The molecule has 1 aliphatic rings. The van der Waals surface area contributed by atoms with Crippen molar-refractivity contribution in [3.05, 3.63) is 29.3 Å². The summed E-state index contributed by atoms with van der Waals surface area (Å²) in [6.07, 6.45) is 0. The summed E-state index contributed by atoms with van der Waals surface area (Å²) in [7, 11) is -3.54. The van der Waals surface area contributed by atoms with Crippen molar-refractivity contribution in [1.82, 2.24) is 4.72 Å². The van der Waals surface area contributed by atoms with Gasteiger partial charge in [0, 0.05) is 12.1 Å². The molecule has 2 rings (SSSR count). The fourth-order valence-corrected chi connectivity index (χ4v) is 5.58. The third kappa shape index (κ3) is 2.51. The van der Waals surface area contributed by atoms with Gasteiger partial charge in [-0.25, -0.2) is 13.1 Å². The maximum Gasteiger partial charge on any atom is 0.241 e. The highest BCUT2D eigenvalue weighted by Crippen LogP contribution is 2.53. The van der Waals surface area contributed by atoms with E-state index in [2.05, 4.69) is 4.72 Å². The molecule has 0 aliphatic heterocycles. The summed E-state index contributed by atoms with van der Waals surface area (Å²) < 4.78 is 28.4. The lowest BCUT2D eigenvalue weighted by Gasteiger charge is -2.62. The standard InChI is InChI=1S/C16H26N2O2S/c1-10-7-8-11(2)12(9-10)21(19,20)18-14-15(3,4)13(17)16(14,5)6/h7-9,13-14,18H,17H2,1-6H3. The second-order valence-electron chi connectivity index (χ2n) is 7.44. The lowest BCUT2D eigenvalue weighted by atomic mass is 9.49. The van der Waals surface area contributed by atoms with Crippen LogP contribution in [0.2, 0.25) is 0 Å². The SMILES string of the molecule is Cc1ccc(C)c(S(=O)(=O)NC2C(C)(C)C(N)C2(C)C)c1. The third-order valence-electron chi connectivity index (χ3n) is 5.00. The molecular weight excluding hydrogens is 284 g/mol. The molecule has 118 valence electrons. The summed E-state index contributed by atoms with van der Waals surface area (Å²) in [6, 6.07) is 5.27. The maximum absolute atomic E-state index is 12.7. The van der Waals surface area contributed by atoms with Gasteiger partial charge in [-0.3, -0.25) is 0 Å². The van der Waals surface area contributed by atoms with Crippen molar-refractivity contribution in [1.29, 1.82) is 0 Å². The average molecular weight is 310 g/mol. The van der Waals surface area contributed by atoms with E-state index < -0.39 is 10.0 Å². The second-order valence-corrected chi connectivity index (χ2v) is 9.13. The Kier molecular flexibility index (Phi) is 3.76. The molecule has 1 fully saturated rings. The zero-order valence-corrected chi connectivity index (χ0v) is 14.5. The average Bonchev–Trinajstić information content (AvgIpc) is 2.37. The highest BCUT2D eigenvalue weighted by Gasteiger charge is 2.61. The van der Waals surface area contributed by atoms with Crippen LogP contribution in [0.5, 0.6) is 0 Å². The first-order valence-corrected chi connectivity index (χ1v) is 8.74. The van der Waals surface area contributed by atoms with E-state index in [1.807, 2.05) is 53.7 Å². The van der Waals surface area contributed by atoms with Gasteiger partial charge in [0.15, 0.2) is 0 Å². The van der Waals surface area contributed by atoms with Crippen LogP contribution < -0.4 is 10.5 Å². The zero-order valence-electron chi connectivity index (χ0n) is 13.7. The van der Waals surface area contributed by atoms with Gasteiger partial charge in [0.05, 0.1) is 4.90 Å². The van der Waals surface area contributed by atoms with Crippen molar-refractivity contribution in [3.63, 3.8) is 0 Å². The Hall–Kier alpha value is -0.910. The fourth-order valence-electron chi connectivity index (χ4n) is 3.70. The molecule has 0 amide bonds. The zero-order chi connectivity index (χ0) is 16.2. The molecule has 1 aromatic carbocycles. The van der Waals surface area contributed by atoms with Crippen LogP contribution in [0.4, 0.5) is 0 Å². The molecule has 0 unspecified atom stereocenters. The molecule has 0 spiro atoms. The normalized spacial score (nSPS) is 27.2. The summed E-state index contributed by atoms with van der Waals surface area (Å²) >= 11 is 0.